The van der Waals surface area contributed by atoms with Crippen LogP contribution in [0, 0.1) is 18.3 Å². The second-order valence-corrected chi connectivity index (χ2v) is 6.62. The molecule has 6 heteroatoms. The van der Waals surface area contributed by atoms with Crippen LogP contribution < -0.4 is 10.6 Å². The van der Waals surface area contributed by atoms with Crippen molar-refractivity contribution in [2.45, 2.75) is 39.0 Å². The molecule has 27 heavy (non-hydrogen) atoms. The highest BCUT2D eigenvalue weighted by Crippen LogP contribution is 2.20. The fourth-order valence-electron chi connectivity index (χ4n) is 3.12. The van der Waals surface area contributed by atoms with Gasteiger partial charge in [-0.05, 0) is 57.2 Å². The predicted octanol–water partition coefficient (Wildman–Crippen LogP) is 4.02. The number of allylic oxidation sites excluding steroid dienone is 1. The van der Waals surface area contributed by atoms with Crippen molar-refractivity contribution in [2.75, 3.05) is 11.9 Å². The van der Waals surface area contributed by atoms with E-state index in [9.17, 15) is 4.79 Å². The zero-order valence-electron chi connectivity index (χ0n) is 15.5. The highest BCUT2D eigenvalue weighted by molar-refractivity contribution is 5.93. The number of aryl methyl sites for hydroxylation is 1. The normalized spacial score (nSPS) is 13.4. The van der Waals surface area contributed by atoms with Gasteiger partial charge in [-0.1, -0.05) is 17.7 Å². The maximum atomic E-state index is 12.5. The van der Waals surface area contributed by atoms with Crippen molar-refractivity contribution in [1.82, 2.24) is 15.3 Å². The lowest BCUT2D eigenvalue weighted by Crippen LogP contribution is -2.26. The van der Waals surface area contributed by atoms with Crippen LogP contribution in [0.15, 0.2) is 42.0 Å². The number of nitrogens with zero attached hydrogens (tertiary/aromatic N) is 3. The minimum atomic E-state index is -0.203. The van der Waals surface area contributed by atoms with E-state index in [1.807, 2.05) is 6.07 Å². The van der Waals surface area contributed by atoms with Crippen molar-refractivity contribution in [3.05, 3.63) is 59.1 Å². The van der Waals surface area contributed by atoms with E-state index in [4.69, 9.17) is 5.26 Å². The summed E-state index contributed by atoms with van der Waals surface area (Å²) in [5, 5.41) is 15.1. The molecule has 1 aromatic carbocycles. The van der Waals surface area contributed by atoms with E-state index >= 15 is 0 Å². The highest BCUT2D eigenvalue weighted by Gasteiger charge is 2.11. The summed E-state index contributed by atoms with van der Waals surface area (Å²) in [6.07, 6.45) is 7.98. The van der Waals surface area contributed by atoms with Crippen LogP contribution in [0.5, 0.6) is 0 Å². The number of hydrogen-bond acceptors (Lipinski definition) is 5. The minimum absolute atomic E-state index is 0.203. The summed E-state index contributed by atoms with van der Waals surface area (Å²) in [7, 11) is 0. The Morgan fingerprint density at radius 2 is 2.15 bits per heavy atom. The molecule has 1 aliphatic rings. The van der Waals surface area contributed by atoms with Gasteiger partial charge in [0.2, 0.25) is 0 Å². The molecular formula is C21H23N5O. The van der Waals surface area contributed by atoms with Crippen LogP contribution in [0.1, 0.15) is 54.0 Å². The predicted molar refractivity (Wildman–Crippen MR) is 105 cm³/mol. The molecule has 1 aromatic heterocycles. The Balaban J connectivity index is 1.64. The topological polar surface area (TPSA) is 90.7 Å². The maximum Gasteiger partial charge on any atom is 0.270 e. The molecule has 2 N–H and O–H groups in total. The monoisotopic (exact) mass is 361 g/mol. The summed E-state index contributed by atoms with van der Waals surface area (Å²) in [6, 6.07) is 10.8. The van der Waals surface area contributed by atoms with Crippen LogP contribution in [0.25, 0.3) is 0 Å². The van der Waals surface area contributed by atoms with Gasteiger partial charge in [0.05, 0.1) is 11.6 Å². The molecule has 0 fully saturated rings. The molecule has 2 aromatic rings. The zero-order chi connectivity index (χ0) is 19.1. The molecule has 0 aliphatic heterocycles. The van der Waals surface area contributed by atoms with Gasteiger partial charge in [0.25, 0.3) is 5.91 Å². The van der Waals surface area contributed by atoms with Crippen molar-refractivity contribution >= 4 is 17.4 Å². The van der Waals surface area contributed by atoms with E-state index < -0.39 is 0 Å². The van der Waals surface area contributed by atoms with Crippen molar-refractivity contribution in [3.8, 4) is 6.07 Å². The molecular weight excluding hydrogens is 338 g/mol. The fourth-order valence-corrected chi connectivity index (χ4v) is 3.12. The Bertz CT molecular complexity index is 898. The first-order chi connectivity index (χ1) is 13.1. The van der Waals surface area contributed by atoms with E-state index in [0.717, 1.165) is 24.9 Å². The van der Waals surface area contributed by atoms with Gasteiger partial charge in [-0.3, -0.25) is 4.79 Å². The van der Waals surface area contributed by atoms with Gasteiger partial charge in [0.1, 0.15) is 17.3 Å². The number of anilines is 2. The molecule has 6 nitrogen and oxygen atoms in total. The third-order valence-electron chi connectivity index (χ3n) is 4.45. The Morgan fingerprint density at radius 3 is 2.93 bits per heavy atom. The number of nitriles is 1. The number of aromatic nitrogens is 2. The SMILES string of the molecule is Cc1nc(Nc2cccc(C#N)c2)cc(C(=O)NCCC2=CCCCC2)n1. The largest absolute Gasteiger partial charge is 0.350 e. The summed E-state index contributed by atoms with van der Waals surface area (Å²) in [6.45, 7) is 2.36. The second kappa shape index (κ2) is 8.95. The van der Waals surface area contributed by atoms with Crippen molar-refractivity contribution in [3.63, 3.8) is 0 Å². The van der Waals surface area contributed by atoms with E-state index in [1.165, 1.54) is 18.4 Å². The summed E-state index contributed by atoms with van der Waals surface area (Å²) in [5.41, 5.74) is 3.06. The third-order valence-corrected chi connectivity index (χ3v) is 4.45. The summed E-state index contributed by atoms with van der Waals surface area (Å²) in [5.74, 6) is 0.833. The van der Waals surface area contributed by atoms with Gasteiger partial charge < -0.3 is 10.6 Å². The van der Waals surface area contributed by atoms with Crippen LogP contribution >= 0.6 is 0 Å². The molecule has 3 rings (SSSR count). The summed E-state index contributed by atoms with van der Waals surface area (Å²) < 4.78 is 0. The average Bonchev–Trinajstić information content (AvgIpc) is 2.68. The lowest BCUT2D eigenvalue weighted by molar-refractivity contribution is 0.0948. The smallest absolute Gasteiger partial charge is 0.270 e. The number of nitrogens with one attached hydrogen (secondary N) is 2. The molecule has 0 saturated carbocycles. The van der Waals surface area contributed by atoms with E-state index in [2.05, 4.69) is 32.7 Å². The fraction of sp³-hybridized carbons (Fsp3) is 0.333. The van der Waals surface area contributed by atoms with Crippen molar-refractivity contribution in [2.24, 2.45) is 0 Å². The Labute approximate surface area is 159 Å². The van der Waals surface area contributed by atoms with E-state index in [-0.39, 0.29) is 5.91 Å². The van der Waals surface area contributed by atoms with E-state index in [0.29, 0.717) is 29.4 Å². The molecule has 0 radical (unpaired) electrons. The van der Waals surface area contributed by atoms with E-state index in [1.54, 1.807) is 31.2 Å². The van der Waals surface area contributed by atoms with Gasteiger partial charge >= 0.3 is 0 Å². The lowest BCUT2D eigenvalue weighted by Gasteiger charge is -2.13. The van der Waals surface area contributed by atoms with Gasteiger partial charge in [0, 0.05) is 18.3 Å². The van der Waals surface area contributed by atoms with Crippen molar-refractivity contribution < 1.29 is 4.79 Å². The van der Waals surface area contributed by atoms with Crippen LogP contribution in [-0.2, 0) is 0 Å². The number of amides is 1. The third kappa shape index (κ3) is 5.38. The molecule has 0 saturated heterocycles. The Hall–Kier alpha value is -3.20. The molecule has 138 valence electrons. The van der Waals surface area contributed by atoms with Crippen molar-refractivity contribution in [1.29, 1.82) is 5.26 Å². The molecule has 1 amide bonds. The van der Waals surface area contributed by atoms with Crippen LogP contribution in [0.3, 0.4) is 0 Å². The minimum Gasteiger partial charge on any atom is -0.350 e. The quantitative estimate of drug-likeness (QED) is 0.758. The number of benzene rings is 1. The number of hydrogen-bond donors (Lipinski definition) is 2. The molecule has 0 atom stereocenters. The molecule has 1 heterocycles. The Kier molecular flexibility index (Phi) is 6.16. The molecule has 1 aliphatic carbocycles. The molecule has 0 unspecified atom stereocenters. The first kappa shape index (κ1) is 18.6. The van der Waals surface area contributed by atoms with Gasteiger partial charge in [-0.2, -0.15) is 5.26 Å². The summed E-state index contributed by atoms with van der Waals surface area (Å²) >= 11 is 0. The second-order valence-electron chi connectivity index (χ2n) is 6.62. The molecule has 0 bridgehead atoms. The first-order valence-electron chi connectivity index (χ1n) is 9.23. The maximum absolute atomic E-state index is 12.5. The molecule has 0 spiro atoms. The average molecular weight is 361 g/mol. The Morgan fingerprint density at radius 1 is 1.26 bits per heavy atom. The standard InChI is InChI=1S/C21H23N5O/c1-15-24-19(21(27)23-11-10-16-6-3-2-4-7-16)13-20(25-15)26-18-9-5-8-17(12-18)14-22/h5-6,8-9,12-13H,2-4,7,10-11H2,1H3,(H,23,27)(H,24,25,26). The number of carbonyl (C=O) groups is 1. The van der Waals surface area contributed by atoms with Crippen LogP contribution in [-0.4, -0.2) is 22.4 Å². The number of carbonyl (C=O) groups excluding carboxylic acids is 1. The van der Waals surface area contributed by atoms with Gasteiger partial charge in [0.15, 0.2) is 0 Å². The zero-order valence-corrected chi connectivity index (χ0v) is 15.5. The first-order valence-corrected chi connectivity index (χ1v) is 9.23. The van der Waals surface area contributed by atoms with Gasteiger partial charge in [-0.15, -0.1) is 0 Å². The van der Waals surface area contributed by atoms with Crippen LogP contribution in [0.4, 0.5) is 11.5 Å². The summed E-state index contributed by atoms with van der Waals surface area (Å²) in [4.78, 5) is 21.0. The number of rotatable bonds is 6. The highest BCUT2D eigenvalue weighted by atomic mass is 16.1. The lowest BCUT2D eigenvalue weighted by atomic mass is 9.97. The van der Waals surface area contributed by atoms with Gasteiger partial charge in [-0.25, -0.2) is 9.97 Å². The van der Waals surface area contributed by atoms with Crippen LogP contribution in [0.2, 0.25) is 0 Å².